The monoisotopic (exact) mass is 284 g/mol. The zero-order valence-corrected chi connectivity index (χ0v) is 12.6. The highest BCUT2D eigenvalue weighted by atomic mass is 16.3. The van der Waals surface area contributed by atoms with Gasteiger partial charge in [0.1, 0.15) is 0 Å². The van der Waals surface area contributed by atoms with Crippen molar-refractivity contribution in [3.05, 3.63) is 42.1 Å². The maximum atomic E-state index is 10.9. The number of rotatable bonds is 3. The molecule has 1 aromatic carbocycles. The summed E-state index contributed by atoms with van der Waals surface area (Å²) < 4.78 is 0. The quantitative estimate of drug-likeness (QED) is 0.908. The molecule has 1 heterocycles. The van der Waals surface area contributed by atoms with Gasteiger partial charge in [0, 0.05) is 23.5 Å². The molecule has 0 spiro atoms. The molecule has 112 valence electrons. The third-order valence-electron chi connectivity index (χ3n) is 5.20. The molecule has 1 atom stereocenters. The molecule has 0 saturated heterocycles. The van der Waals surface area contributed by atoms with Gasteiger partial charge in [0.15, 0.2) is 0 Å². The van der Waals surface area contributed by atoms with Crippen LogP contribution in [0.15, 0.2) is 36.5 Å². The third-order valence-corrected chi connectivity index (χ3v) is 5.20. The predicted molar refractivity (Wildman–Crippen MR) is 85.8 cm³/mol. The lowest BCUT2D eigenvalue weighted by atomic mass is 9.66. The van der Waals surface area contributed by atoms with Crippen LogP contribution in [0.5, 0.6) is 0 Å². The van der Waals surface area contributed by atoms with Crippen LogP contribution in [0, 0.1) is 11.3 Å². The number of hydrogen-bond acceptors (Lipinski definition) is 3. The van der Waals surface area contributed by atoms with Crippen molar-refractivity contribution < 1.29 is 5.11 Å². The zero-order chi connectivity index (χ0) is 14.9. The van der Waals surface area contributed by atoms with Crippen molar-refractivity contribution in [1.82, 2.24) is 4.98 Å². The maximum Gasteiger partial charge on any atom is 0.0858 e. The van der Waals surface area contributed by atoms with E-state index in [1.54, 1.807) is 6.20 Å². The Labute approximate surface area is 126 Å². The lowest BCUT2D eigenvalue weighted by Crippen LogP contribution is -2.39. The summed E-state index contributed by atoms with van der Waals surface area (Å²) in [6.45, 7) is 2.83. The molecule has 2 aromatic rings. The first-order chi connectivity index (χ1) is 10.1. The maximum absolute atomic E-state index is 10.9. The summed E-state index contributed by atoms with van der Waals surface area (Å²) in [6.07, 6.45) is 5.64. The molecule has 3 nitrogen and oxygen atoms in total. The standard InChI is InChI=1S/C18H24N2O/c1-13-6-8-18(12-19,9-7-13)17(21)15-4-5-16-14(11-15)3-2-10-20-16/h2-5,10-11,13,17,21H,6-9,12,19H2,1H3. The van der Waals surface area contributed by atoms with Gasteiger partial charge in [0.05, 0.1) is 11.6 Å². The van der Waals surface area contributed by atoms with E-state index in [1.165, 1.54) is 0 Å². The second-order valence-corrected chi connectivity index (χ2v) is 6.61. The molecule has 3 N–H and O–H groups in total. The van der Waals surface area contributed by atoms with E-state index in [4.69, 9.17) is 5.73 Å². The fraction of sp³-hybridized carbons (Fsp3) is 0.500. The van der Waals surface area contributed by atoms with E-state index in [2.05, 4.69) is 18.0 Å². The van der Waals surface area contributed by atoms with E-state index >= 15 is 0 Å². The Bertz CT molecular complexity index is 617. The summed E-state index contributed by atoms with van der Waals surface area (Å²) in [5, 5.41) is 12.0. The molecule has 21 heavy (non-hydrogen) atoms. The Morgan fingerprint density at radius 3 is 2.81 bits per heavy atom. The number of nitrogens with zero attached hydrogens (tertiary/aromatic N) is 1. The van der Waals surface area contributed by atoms with Gasteiger partial charge in [-0.05, 0) is 42.5 Å². The first-order valence-corrected chi connectivity index (χ1v) is 7.87. The average Bonchev–Trinajstić information content (AvgIpc) is 2.55. The third kappa shape index (κ3) is 2.68. The molecule has 0 aliphatic heterocycles. The molecule has 1 unspecified atom stereocenters. The largest absolute Gasteiger partial charge is 0.388 e. The molecule has 1 aliphatic carbocycles. The Kier molecular flexibility index (Phi) is 3.96. The lowest BCUT2D eigenvalue weighted by Gasteiger charge is -2.42. The number of nitrogens with two attached hydrogens (primary N) is 1. The number of benzene rings is 1. The van der Waals surface area contributed by atoms with Crippen molar-refractivity contribution in [2.45, 2.75) is 38.7 Å². The summed E-state index contributed by atoms with van der Waals surface area (Å²) in [7, 11) is 0. The molecule has 3 rings (SSSR count). The summed E-state index contributed by atoms with van der Waals surface area (Å²) in [4.78, 5) is 4.34. The molecule has 3 heteroatoms. The van der Waals surface area contributed by atoms with Crippen LogP contribution >= 0.6 is 0 Å². The van der Waals surface area contributed by atoms with Crippen LogP contribution in [-0.4, -0.2) is 16.6 Å². The SMILES string of the molecule is CC1CCC(CN)(C(O)c2ccc3ncccc3c2)CC1. The van der Waals surface area contributed by atoms with E-state index in [9.17, 15) is 5.11 Å². The predicted octanol–water partition coefficient (Wildman–Crippen LogP) is 3.42. The first kappa shape index (κ1) is 14.5. The smallest absolute Gasteiger partial charge is 0.0858 e. The number of fused-ring (bicyclic) bond motifs is 1. The van der Waals surface area contributed by atoms with Gasteiger partial charge in [-0.15, -0.1) is 0 Å². The van der Waals surface area contributed by atoms with Gasteiger partial charge < -0.3 is 10.8 Å². The fourth-order valence-corrected chi connectivity index (χ4v) is 3.54. The second-order valence-electron chi connectivity index (χ2n) is 6.61. The average molecular weight is 284 g/mol. The highest BCUT2D eigenvalue weighted by Crippen LogP contribution is 2.47. The van der Waals surface area contributed by atoms with Gasteiger partial charge in [-0.25, -0.2) is 0 Å². The van der Waals surface area contributed by atoms with E-state index in [0.29, 0.717) is 6.54 Å². The molecular weight excluding hydrogens is 260 g/mol. The topological polar surface area (TPSA) is 59.1 Å². The van der Waals surface area contributed by atoms with Crippen LogP contribution in [0.1, 0.15) is 44.3 Å². The van der Waals surface area contributed by atoms with Crippen molar-refractivity contribution in [1.29, 1.82) is 0 Å². The molecule has 1 aromatic heterocycles. The molecule has 1 saturated carbocycles. The van der Waals surface area contributed by atoms with Crippen LogP contribution in [0.2, 0.25) is 0 Å². The minimum atomic E-state index is -0.486. The summed E-state index contributed by atoms with van der Waals surface area (Å²) >= 11 is 0. The van der Waals surface area contributed by atoms with Gasteiger partial charge >= 0.3 is 0 Å². The second kappa shape index (κ2) is 5.74. The van der Waals surface area contributed by atoms with Gasteiger partial charge in [-0.3, -0.25) is 4.98 Å². The van der Waals surface area contributed by atoms with Gasteiger partial charge in [-0.1, -0.05) is 31.9 Å². The molecule has 0 bridgehead atoms. The molecule has 0 radical (unpaired) electrons. The van der Waals surface area contributed by atoms with E-state index in [0.717, 1.165) is 48.1 Å². The summed E-state index contributed by atoms with van der Waals surface area (Å²) in [5.41, 5.74) is 7.83. The molecule has 1 aliphatic rings. The van der Waals surface area contributed by atoms with Crippen molar-refractivity contribution in [3.63, 3.8) is 0 Å². The van der Waals surface area contributed by atoms with Crippen molar-refractivity contribution in [3.8, 4) is 0 Å². The molecule has 1 fully saturated rings. The summed E-state index contributed by atoms with van der Waals surface area (Å²) in [6, 6.07) is 10.0. The number of aliphatic hydroxyl groups excluding tert-OH is 1. The number of pyridine rings is 1. The number of aromatic nitrogens is 1. The first-order valence-electron chi connectivity index (χ1n) is 7.87. The number of aliphatic hydroxyl groups is 1. The highest BCUT2D eigenvalue weighted by molar-refractivity contribution is 5.79. The molecule has 0 amide bonds. The minimum Gasteiger partial charge on any atom is -0.388 e. The van der Waals surface area contributed by atoms with Crippen molar-refractivity contribution in [2.75, 3.05) is 6.54 Å². The van der Waals surface area contributed by atoms with Gasteiger partial charge in [0.2, 0.25) is 0 Å². The van der Waals surface area contributed by atoms with Crippen molar-refractivity contribution in [2.24, 2.45) is 17.1 Å². The van der Waals surface area contributed by atoms with Gasteiger partial charge in [-0.2, -0.15) is 0 Å². The van der Waals surface area contributed by atoms with Crippen LogP contribution in [-0.2, 0) is 0 Å². The van der Waals surface area contributed by atoms with E-state index in [1.807, 2.05) is 24.3 Å². The van der Waals surface area contributed by atoms with Gasteiger partial charge in [0.25, 0.3) is 0 Å². The minimum absolute atomic E-state index is 0.164. The Hall–Kier alpha value is -1.45. The van der Waals surface area contributed by atoms with E-state index in [-0.39, 0.29) is 5.41 Å². The van der Waals surface area contributed by atoms with E-state index < -0.39 is 6.10 Å². The number of hydrogen-bond donors (Lipinski definition) is 2. The molecular formula is C18H24N2O. The summed E-state index contributed by atoms with van der Waals surface area (Å²) in [5.74, 6) is 0.748. The zero-order valence-electron chi connectivity index (χ0n) is 12.6. The van der Waals surface area contributed by atoms with Crippen molar-refractivity contribution >= 4 is 10.9 Å². The van der Waals surface area contributed by atoms with Crippen LogP contribution in [0.4, 0.5) is 0 Å². The Morgan fingerprint density at radius 1 is 1.33 bits per heavy atom. The Morgan fingerprint density at radius 2 is 2.10 bits per heavy atom. The Balaban J connectivity index is 1.92. The fourth-order valence-electron chi connectivity index (χ4n) is 3.54. The van der Waals surface area contributed by atoms with Crippen LogP contribution in [0.25, 0.3) is 10.9 Å². The van der Waals surface area contributed by atoms with Crippen LogP contribution < -0.4 is 5.73 Å². The normalized spacial score (nSPS) is 27.7. The highest BCUT2D eigenvalue weighted by Gasteiger charge is 2.40. The lowest BCUT2D eigenvalue weighted by molar-refractivity contribution is -0.00810. The van der Waals surface area contributed by atoms with Crippen LogP contribution in [0.3, 0.4) is 0 Å².